The second-order valence-corrected chi connectivity index (χ2v) is 2.07. The van der Waals surface area contributed by atoms with E-state index in [9.17, 15) is 0 Å². The van der Waals surface area contributed by atoms with Gasteiger partial charge in [0.2, 0.25) is 0 Å². The smallest absolute Gasteiger partial charge is 0.0488 e. The molecule has 78 valence electrons. The molecule has 2 heteroatoms. The second kappa shape index (κ2) is 22.4. The zero-order chi connectivity index (χ0) is 10.4. The van der Waals surface area contributed by atoms with Crippen LogP contribution in [0.2, 0.25) is 0 Å². The number of hydrogen-bond donors (Lipinski definition) is 1. The van der Waals surface area contributed by atoms with Crippen molar-refractivity contribution in [2.24, 2.45) is 5.92 Å². The Bertz CT molecular complexity index is 41.1. The molecular formula is C10H26O2. The van der Waals surface area contributed by atoms with Gasteiger partial charge in [-0.05, 0) is 12.3 Å². The highest BCUT2D eigenvalue weighted by Crippen LogP contribution is 1.98. The van der Waals surface area contributed by atoms with Crippen LogP contribution in [0.25, 0.3) is 0 Å². The molecule has 0 amide bonds. The first-order valence-electron chi connectivity index (χ1n) is 4.91. The third kappa shape index (κ3) is 22.5. The number of methoxy groups -OCH3 is 1. The van der Waals surface area contributed by atoms with E-state index in [2.05, 4.69) is 6.92 Å². The van der Waals surface area contributed by atoms with E-state index in [0.717, 1.165) is 13.0 Å². The van der Waals surface area contributed by atoms with Crippen LogP contribution in [-0.2, 0) is 4.74 Å². The van der Waals surface area contributed by atoms with Gasteiger partial charge in [-0.1, -0.05) is 34.6 Å². The van der Waals surface area contributed by atoms with Crippen molar-refractivity contribution in [2.45, 2.75) is 41.0 Å². The van der Waals surface area contributed by atoms with Crippen LogP contribution in [-0.4, -0.2) is 25.4 Å². The van der Waals surface area contributed by atoms with Crippen molar-refractivity contribution in [3.05, 3.63) is 0 Å². The lowest BCUT2D eigenvalue weighted by molar-refractivity contribution is 0.141. The van der Waals surface area contributed by atoms with Crippen LogP contribution in [0.3, 0.4) is 0 Å². The fourth-order valence-corrected chi connectivity index (χ4v) is 0.588. The summed E-state index contributed by atoms with van der Waals surface area (Å²) in [6.07, 6.45) is 0.841. The Labute approximate surface area is 77.9 Å². The Morgan fingerprint density at radius 3 is 1.83 bits per heavy atom. The average Bonchev–Trinajstić information content (AvgIpc) is 2.12. The van der Waals surface area contributed by atoms with Gasteiger partial charge in [-0.15, -0.1) is 0 Å². The SMILES string of the molecule is CC.CC.COCC(C)CCO. The Morgan fingerprint density at radius 1 is 1.17 bits per heavy atom. The molecule has 0 aromatic heterocycles. The van der Waals surface area contributed by atoms with Gasteiger partial charge in [0.25, 0.3) is 0 Å². The van der Waals surface area contributed by atoms with Crippen molar-refractivity contribution in [2.75, 3.05) is 20.3 Å². The van der Waals surface area contributed by atoms with E-state index in [1.807, 2.05) is 27.7 Å². The maximum atomic E-state index is 8.41. The molecule has 12 heavy (non-hydrogen) atoms. The Morgan fingerprint density at radius 2 is 1.58 bits per heavy atom. The summed E-state index contributed by atoms with van der Waals surface area (Å²) in [7, 11) is 1.67. The van der Waals surface area contributed by atoms with Gasteiger partial charge in [0.15, 0.2) is 0 Å². The highest BCUT2D eigenvalue weighted by molar-refractivity contribution is 4.47. The van der Waals surface area contributed by atoms with Gasteiger partial charge in [-0.2, -0.15) is 0 Å². The lowest BCUT2D eigenvalue weighted by Crippen LogP contribution is -2.04. The number of aliphatic hydroxyl groups excluding tert-OH is 1. The largest absolute Gasteiger partial charge is 0.396 e. The molecule has 0 aliphatic carbocycles. The molecule has 0 radical (unpaired) electrons. The normalized spacial score (nSPS) is 10.2. The monoisotopic (exact) mass is 178 g/mol. The Balaban J connectivity index is -0.000000175. The molecule has 0 spiro atoms. The van der Waals surface area contributed by atoms with E-state index in [1.165, 1.54) is 0 Å². The molecule has 1 atom stereocenters. The summed E-state index contributed by atoms with van der Waals surface area (Å²) in [5, 5.41) is 8.41. The van der Waals surface area contributed by atoms with Crippen molar-refractivity contribution in [1.29, 1.82) is 0 Å². The molecule has 0 rings (SSSR count). The Kier molecular flexibility index (Phi) is 33.4. The number of hydrogen-bond acceptors (Lipinski definition) is 2. The second-order valence-electron chi connectivity index (χ2n) is 2.07. The summed E-state index contributed by atoms with van der Waals surface area (Å²) in [6.45, 7) is 11.1. The molecule has 0 aromatic rings. The molecule has 0 aliphatic heterocycles. The third-order valence-electron chi connectivity index (χ3n) is 1.07. The molecule has 1 unspecified atom stereocenters. The lowest BCUT2D eigenvalue weighted by Gasteiger charge is -2.05. The lowest BCUT2D eigenvalue weighted by atomic mass is 10.1. The van der Waals surface area contributed by atoms with Crippen LogP contribution in [0.4, 0.5) is 0 Å². The van der Waals surface area contributed by atoms with Crippen LogP contribution in [0.15, 0.2) is 0 Å². The number of aliphatic hydroxyl groups is 1. The fourth-order valence-electron chi connectivity index (χ4n) is 0.588. The predicted molar refractivity (Wildman–Crippen MR) is 55.4 cm³/mol. The average molecular weight is 178 g/mol. The number of rotatable bonds is 4. The van der Waals surface area contributed by atoms with Gasteiger partial charge in [0.1, 0.15) is 0 Å². The van der Waals surface area contributed by atoms with Gasteiger partial charge in [-0.25, -0.2) is 0 Å². The first-order valence-corrected chi connectivity index (χ1v) is 4.91. The first-order chi connectivity index (χ1) is 5.81. The highest BCUT2D eigenvalue weighted by Gasteiger charge is 1.97. The predicted octanol–water partition coefficient (Wildman–Crippen LogP) is 2.70. The maximum absolute atomic E-state index is 8.41. The maximum Gasteiger partial charge on any atom is 0.0488 e. The molecule has 0 heterocycles. The Hall–Kier alpha value is -0.0800. The third-order valence-corrected chi connectivity index (χ3v) is 1.07. The summed E-state index contributed by atoms with van der Waals surface area (Å²) in [4.78, 5) is 0. The van der Waals surface area contributed by atoms with E-state index < -0.39 is 0 Å². The molecule has 0 saturated carbocycles. The quantitative estimate of drug-likeness (QED) is 0.717. The van der Waals surface area contributed by atoms with Gasteiger partial charge in [0, 0.05) is 20.3 Å². The first kappa shape index (κ1) is 17.9. The van der Waals surface area contributed by atoms with Gasteiger partial charge in [-0.3, -0.25) is 0 Å². The minimum absolute atomic E-state index is 0.268. The minimum Gasteiger partial charge on any atom is -0.396 e. The van der Waals surface area contributed by atoms with E-state index in [-0.39, 0.29) is 6.61 Å². The number of ether oxygens (including phenoxy) is 1. The molecule has 2 nitrogen and oxygen atoms in total. The van der Waals surface area contributed by atoms with Crippen LogP contribution in [0.1, 0.15) is 41.0 Å². The van der Waals surface area contributed by atoms with Crippen molar-refractivity contribution in [1.82, 2.24) is 0 Å². The van der Waals surface area contributed by atoms with Crippen molar-refractivity contribution in [3.8, 4) is 0 Å². The summed E-state index contributed by atoms with van der Waals surface area (Å²) in [5.41, 5.74) is 0. The van der Waals surface area contributed by atoms with Gasteiger partial charge in [0.05, 0.1) is 0 Å². The molecule has 0 aromatic carbocycles. The van der Waals surface area contributed by atoms with Crippen molar-refractivity contribution >= 4 is 0 Å². The molecular weight excluding hydrogens is 152 g/mol. The molecule has 0 fully saturated rings. The van der Waals surface area contributed by atoms with Gasteiger partial charge >= 0.3 is 0 Å². The van der Waals surface area contributed by atoms with Crippen LogP contribution in [0.5, 0.6) is 0 Å². The van der Waals surface area contributed by atoms with Crippen LogP contribution >= 0.6 is 0 Å². The zero-order valence-electron chi connectivity index (χ0n) is 9.55. The van der Waals surface area contributed by atoms with E-state index in [1.54, 1.807) is 7.11 Å². The van der Waals surface area contributed by atoms with Crippen LogP contribution < -0.4 is 0 Å². The van der Waals surface area contributed by atoms with E-state index in [0.29, 0.717) is 5.92 Å². The topological polar surface area (TPSA) is 29.5 Å². The molecule has 1 N–H and O–H groups in total. The molecule has 0 saturated heterocycles. The van der Waals surface area contributed by atoms with E-state index in [4.69, 9.17) is 9.84 Å². The summed E-state index contributed by atoms with van der Waals surface area (Å²) >= 11 is 0. The highest BCUT2D eigenvalue weighted by atomic mass is 16.5. The minimum atomic E-state index is 0.268. The summed E-state index contributed by atoms with van der Waals surface area (Å²) in [5.74, 6) is 0.491. The molecule has 0 aliphatic rings. The zero-order valence-corrected chi connectivity index (χ0v) is 9.55. The summed E-state index contributed by atoms with van der Waals surface area (Å²) < 4.78 is 4.85. The van der Waals surface area contributed by atoms with Crippen molar-refractivity contribution in [3.63, 3.8) is 0 Å². The van der Waals surface area contributed by atoms with Crippen LogP contribution in [0, 0.1) is 5.92 Å². The summed E-state index contributed by atoms with van der Waals surface area (Å²) in [6, 6.07) is 0. The van der Waals surface area contributed by atoms with Gasteiger partial charge < -0.3 is 9.84 Å². The fraction of sp³-hybridized carbons (Fsp3) is 1.00. The standard InChI is InChI=1S/C6H14O2.2C2H6/c1-6(3-4-7)5-8-2;2*1-2/h6-7H,3-5H2,1-2H3;2*1-2H3. The van der Waals surface area contributed by atoms with Crippen molar-refractivity contribution < 1.29 is 9.84 Å². The van der Waals surface area contributed by atoms with E-state index >= 15 is 0 Å². The molecule has 0 bridgehead atoms.